The fourth-order valence-corrected chi connectivity index (χ4v) is 5.25. The molecule has 0 bridgehead atoms. The van der Waals surface area contributed by atoms with Crippen molar-refractivity contribution in [2.45, 2.75) is 38.8 Å². The van der Waals surface area contributed by atoms with Gasteiger partial charge < -0.3 is 4.74 Å². The standard InChI is InChI=1S/C23H19FN2OS/c1-12-3-6-17-15(7-12)10-18-21-16(24)8-13(2)9-19(21)27-23(26(17)18)20-11-25-22(28-20)14-4-5-14/h3,6-11,14,23H,4-5H2,1-2H3. The molecule has 28 heavy (non-hydrogen) atoms. The number of benzene rings is 2. The Morgan fingerprint density at radius 1 is 1.11 bits per heavy atom. The van der Waals surface area contributed by atoms with Crippen molar-refractivity contribution in [1.82, 2.24) is 9.55 Å². The van der Waals surface area contributed by atoms with E-state index in [0.29, 0.717) is 17.2 Å². The first-order valence-corrected chi connectivity index (χ1v) is 10.4. The first-order chi connectivity index (χ1) is 13.6. The Morgan fingerprint density at radius 3 is 2.79 bits per heavy atom. The largest absolute Gasteiger partial charge is 0.464 e. The van der Waals surface area contributed by atoms with E-state index < -0.39 is 0 Å². The molecule has 1 fully saturated rings. The lowest BCUT2D eigenvalue weighted by Gasteiger charge is -2.29. The third kappa shape index (κ3) is 2.35. The molecule has 0 spiro atoms. The molecule has 3 heterocycles. The van der Waals surface area contributed by atoms with Gasteiger partial charge in [-0.2, -0.15) is 0 Å². The predicted octanol–water partition coefficient (Wildman–Crippen LogP) is 6.34. The Balaban J connectivity index is 1.62. The minimum absolute atomic E-state index is 0.239. The number of fused-ring (bicyclic) bond motifs is 5. The summed E-state index contributed by atoms with van der Waals surface area (Å²) in [7, 11) is 0. The molecule has 0 saturated heterocycles. The molecule has 140 valence electrons. The molecule has 0 N–H and O–H groups in total. The lowest BCUT2D eigenvalue weighted by molar-refractivity contribution is 0.175. The molecule has 1 unspecified atom stereocenters. The van der Waals surface area contributed by atoms with Crippen LogP contribution in [-0.4, -0.2) is 9.55 Å². The van der Waals surface area contributed by atoms with Crippen LogP contribution >= 0.6 is 11.3 Å². The van der Waals surface area contributed by atoms with Gasteiger partial charge in [0.15, 0.2) is 0 Å². The van der Waals surface area contributed by atoms with Crippen molar-refractivity contribution in [1.29, 1.82) is 0 Å². The van der Waals surface area contributed by atoms with Gasteiger partial charge in [0.2, 0.25) is 6.23 Å². The second-order valence-corrected chi connectivity index (χ2v) is 9.02. The minimum Gasteiger partial charge on any atom is -0.464 e. The Bertz CT molecular complexity index is 1250. The van der Waals surface area contributed by atoms with Crippen molar-refractivity contribution >= 4 is 22.2 Å². The monoisotopic (exact) mass is 390 g/mol. The van der Waals surface area contributed by atoms with Gasteiger partial charge in [0, 0.05) is 17.5 Å². The molecular formula is C23H19FN2OS. The molecule has 1 saturated carbocycles. The number of hydrogen-bond donors (Lipinski definition) is 0. The van der Waals surface area contributed by atoms with Crippen LogP contribution in [0.4, 0.5) is 4.39 Å². The number of ether oxygens (including phenoxy) is 1. The second-order valence-electron chi connectivity index (χ2n) is 7.93. The summed E-state index contributed by atoms with van der Waals surface area (Å²) in [6.07, 6.45) is 4.06. The van der Waals surface area contributed by atoms with E-state index in [0.717, 1.165) is 27.0 Å². The summed E-state index contributed by atoms with van der Waals surface area (Å²) in [4.78, 5) is 5.71. The number of thiazole rings is 1. The van der Waals surface area contributed by atoms with Crippen molar-refractivity contribution < 1.29 is 9.13 Å². The number of rotatable bonds is 2. The number of nitrogens with zero attached hydrogens (tertiary/aromatic N) is 2. The van der Waals surface area contributed by atoms with Crippen LogP contribution in [0.25, 0.3) is 22.2 Å². The highest BCUT2D eigenvalue weighted by atomic mass is 32.1. The number of aromatic nitrogens is 2. The van der Waals surface area contributed by atoms with Crippen molar-refractivity contribution in [3.05, 3.63) is 69.4 Å². The first-order valence-electron chi connectivity index (χ1n) is 9.63. The third-order valence-electron chi connectivity index (χ3n) is 5.63. The van der Waals surface area contributed by atoms with Gasteiger partial charge in [-0.05, 0) is 62.6 Å². The zero-order valence-electron chi connectivity index (χ0n) is 15.7. The van der Waals surface area contributed by atoms with Crippen LogP contribution in [0, 0.1) is 19.7 Å². The van der Waals surface area contributed by atoms with E-state index in [1.165, 1.54) is 23.4 Å². The van der Waals surface area contributed by atoms with Gasteiger partial charge in [-0.1, -0.05) is 11.6 Å². The maximum absolute atomic E-state index is 15.0. The zero-order valence-corrected chi connectivity index (χ0v) is 16.5. The molecule has 0 radical (unpaired) electrons. The minimum atomic E-state index is -0.325. The number of aryl methyl sites for hydroxylation is 2. The summed E-state index contributed by atoms with van der Waals surface area (Å²) in [6.45, 7) is 3.97. The average molecular weight is 390 g/mol. The van der Waals surface area contributed by atoms with Crippen molar-refractivity contribution in [2.24, 2.45) is 0 Å². The molecule has 2 aliphatic rings. The van der Waals surface area contributed by atoms with Crippen LogP contribution in [-0.2, 0) is 0 Å². The van der Waals surface area contributed by atoms with Crippen LogP contribution in [0.15, 0.2) is 42.6 Å². The van der Waals surface area contributed by atoms with Crippen LogP contribution in [0.1, 0.15) is 46.0 Å². The summed E-state index contributed by atoms with van der Waals surface area (Å²) in [5, 5.41) is 2.29. The summed E-state index contributed by atoms with van der Waals surface area (Å²) in [5.74, 6) is 0.978. The third-order valence-corrected chi connectivity index (χ3v) is 6.82. The van der Waals surface area contributed by atoms with Crippen LogP contribution in [0.3, 0.4) is 0 Å². The van der Waals surface area contributed by atoms with Gasteiger partial charge in [-0.25, -0.2) is 9.37 Å². The van der Waals surface area contributed by atoms with E-state index >= 15 is 0 Å². The van der Waals surface area contributed by atoms with Gasteiger partial charge in [0.1, 0.15) is 11.6 Å². The smallest absolute Gasteiger partial charge is 0.213 e. The molecule has 5 heteroatoms. The fraction of sp³-hybridized carbons (Fsp3) is 0.261. The fourth-order valence-electron chi connectivity index (χ4n) is 4.14. The van der Waals surface area contributed by atoms with Crippen LogP contribution in [0.2, 0.25) is 0 Å². The highest BCUT2D eigenvalue weighted by molar-refractivity contribution is 7.11. The maximum atomic E-state index is 15.0. The zero-order chi connectivity index (χ0) is 19.0. The first kappa shape index (κ1) is 16.3. The molecule has 1 aliphatic carbocycles. The number of halogens is 1. The van der Waals surface area contributed by atoms with E-state index in [1.54, 1.807) is 17.4 Å². The van der Waals surface area contributed by atoms with E-state index in [2.05, 4.69) is 40.7 Å². The Labute approximate surface area is 166 Å². The van der Waals surface area contributed by atoms with E-state index in [-0.39, 0.29) is 12.0 Å². The SMILES string of the molecule is Cc1cc(F)c2c(c1)OC(c1cnc(C3CC3)s1)n1c-2cc2cc(C)ccc21. The predicted molar refractivity (Wildman–Crippen MR) is 110 cm³/mol. The van der Waals surface area contributed by atoms with Gasteiger partial charge >= 0.3 is 0 Å². The molecule has 1 atom stereocenters. The van der Waals surface area contributed by atoms with E-state index in [9.17, 15) is 4.39 Å². The molecule has 6 rings (SSSR count). The Kier molecular flexibility index (Phi) is 3.30. The Morgan fingerprint density at radius 2 is 1.96 bits per heavy atom. The topological polar surface area (TPSA) is 27.1 Å². The summed E-state index contributed by atoms with van der Waals surface area (Å²) >= 11 is 1.72. The molecule has 1 aliphatic heterocycles. The molecular weight excluding hydrogens is 371 g/mol. The van der Waals surface area contributed by atoms with Gasteiger partial charge in [0.05, 0.1) is 26.7 Å². The van der Waals surface area contributed by atoms with Gasteiger partial charge in [0.25, 0.3) is 0 Å². The van der Waals surface area contributed by atoms with Crippen molar-refractivity contribution in [2.75, 3.05) is 0 Å². The molecule has 2 aromatic heterocycles. The second kappa shape index (κ2) is 5.67. The lowest BCUT2D eigenvalue weighted by atomic mass is 10.1. The molecule has 2 aromatic carbocycles. The van der Waals surface area contributed by atoms with E-state index in [4.69, 9.17) is 4.74 Å². The van der Waals surface area contributed by atoms with E-state index in [1.807, 2.05) is 19.2 Å². The van der Waals surface area contributed by atoms with Crippen LogP contribution in [0.5, 0.6) is 5.75 Å². The van der Waals surface area contributed by atoms with Crippen LogP contribution < -0.4 is 4.74 Å². The van der Waals surface area contributed by atoms with Crippen molar-refractivity contribution in [3.8, 4) is 17.0 Å². The molecule has 3 nitrogen and oxygen atoms in total. The number of hydrogen-bond acceptors (Lipinski definition) is 3. The normalized spacial score (nSPS) is 18.0. The summed E-state index contributed by atoms with van der Waals surface area (Å²) in [6, 6.07) is 11.9. The highest BCUT2D eigenvalue weighted by Gasteiger charge is 2.34. The van der Waals surface area contributed by atoms with Crippen molar-refractivity contribution in [3.63, 3.8) is 0 Å². The molecule has 4 aromatic rings. The summed E-state index contributed by atoms with van der Waals surface area (Å²) in [5.41, 5.74) is 4.51. The van der Waals surface area contributed by atoms with Gasteiger partial charge in [-0.15, -0.1) is 11.3 Å². The quantitative estimate of drug-likeness (QED) is 0.399. The van der Waals surface area contributed by atoms with Gasteiger partial charge in [-0.3, -0.25) is 4.57 Å². The molecule has 0 amide bonds. The lowest BCUT2D eigenvalue weighted by Crippen LogP contribution is -2.22. The average Bonchev–Trinajstić information content (AvgIpc) is 3.26. The summed E-state index contributed by atoms with van der Waals surface area (Å²) < 4.78 is 23.5. The maximum Gasteiger partial charge on any atom is 0.213 e. The Hall–Kier alpha value is -2.66. The highest BCUT2D eigenvalue weighted by Crippen LogP contribution is 2.48.